The van der Waals surface area contributed by atoms with Crippen LogP contribution >= 0.6 is 11.6 Å². The normalized spacial score (nSPS) is 15.9. The van der Waals surface area contributed by atoms with Crippen LogP contribution in [0.25, 0.3) is 22.0 Å². The first kappa shape index (κ1) is 40.1. The van der Waals surface area contributed by atoms with Gasteiger partial charge in [0.25, 0.3) is 0 Å². The second kappa shape index (κ2) is 18.4. The van der Waals surface area contributed by atoms with E-state index in [4.69, 9.17) is 22.1 Å². The van der Waals surface area contributed by atoms with Gasteiger partial charge in [-0.15, -0.1) is 0 Å². The van der Waals surface area contributed by atoms with Crippen molar-refractivity contribution in [2.45, 2.75) is 63.3 Å². The predicted molar refractivity (Wildman–Crippen MR) is 219 cm³/mol. The van der Waals surface area contributed by atoms with Gasteiger partial charge >= 0.3 is 12.1 Å². The number of anilines is 2. The highest BCUT2D eigenvalue weighted by Gasteiger charge is 2.31. The number of aliphatic hydroxyl groups is 1. The maximum atomic E-state index is 12.9. The summed E-state index contributed by atoms with van der Waals surface area (Å²) in [6, 6.07) is 24.4. The first-order valence-corrected chi connectivity index (χ1v) is 19.0. The first-order valence-electron chi connectivity index (χ1n) is 18.6. The van der Waals surface area contributed by atoms with Crippen LogP contribution in [0.4, 0.5) is 21.0 Å². The van der Waals surface area contributed by atoms with Crippen molar-refractivity contribution in [2.75, 3.05) is 30.4 Å². The van der Waals surface area contributed by atoms with Crippen molar-refractivity contribution < 1.29 is 29.6 Å². The van der Waals surface area contributed by atoms with Crippen LogP contribution in [0.1, 0.15) is 54.9 Å². The third kappa shape index (κ3) is 9.61. The van der Waals surface area contributed by atoms with E-state index >= 15 is 0 Å². The zero-order valence-electron chi connectivity index (χ0n) is 31.1. The molecular weight excluding hydrogens is 736 g/mol. The van der Waals surface area contributed by atoms with Gasteiger partial charge in [-0.2, -0.15) is 0 Å². The number of pyridine rings is 1. The van der Waals surface area contributed by atoms with Crippen molar-refractivity contribution in [3.05, 3.63) is 117 Å². The van der Waals surface area contributed by atoms with E-state index in [9.17, 15) is 29.7 Å². The number of nitrogens with zero attached hydrogens (tertiary/aromatic N) is 1. The number of aromatic amines is 1. The number of halogens is 1. The summed E-state index contributed by atoms with van der Waals surface area (Å²) < 4.78 is 5.58. The molecule has 1 aliphatic carbocycles. The quantitative estimate of drug-likeness (QED) is 0.0552. The number of methoxy groups -OCH3 is 1. The van der Waals surface area contributed by atoms with E-state index < -0.39 is 18.2 Å². The number of carboxylic acid groups (broad SMARTS) is 1. The first-order chi connectivity index (χ1) is 27.0. The molecule has 294 valence electrons. The molecule has 1 aromatic heterocycles. The van der Waals surface area contributed by atoms with E-state index in [0.717, 1.165) is 29.5 Å². The molecule has 0 unspecified atom stereocenters. The highest BCUT2D eigenvalue weighted by molar-refractivity contribution is 6.33. The number of carbonyl (C=O) groups excluding carboxylic acids is 1. The summed E-state index contributed by atoms with van der Waals surface area (Å²) in [7, 11) is 1.51. The molecule has 1 aliphatic rings. The van der Waals surface area contributed by atoms with E-state index in [0.29, 0.717) is 70.9 Å². The Kier molecular flexibility index (Phi) is 13.1. The number of amides is 3. The molecular formula is C42H47ClN6O7. The van der Waals surface area contributed by atoms with Gasteiger partial charge in [-0.05, 0) is 79.5 Å². The fraction of sp³-hybridized carbons (Fsp3) is 0.310. The molecule has 5 aromatic rings. The number of urea groups is 1. The standard InChI is InChI=1S/C42H47ClN6O7/c1-56-38-22-34(33(43)21-27(38)23-45-24-37(51)31-15-17-36(50)40-32(31)16-18-39(52)48-40)47-41(53)46-19-5-6-25-9-14-30(26-7-3-2-4-8-26)35(20-25)49(42(54)55)29-12-10-28(44)11-13-29/h2-4,7-9,14-18,20-22,28-29,37,45,50-51H,5-6,10-13,19,23-24,44H2,1H3,(H,48,52)(H,54,55)(H2,46,47,53)/t28?,29?,37-/m1/s1. The number of carbonyl (C=O) groups is 2. The van der Waals surface area contributed by atoms with Crippen molar-refractivity contribution >= 4 is 46.0 Å². The summed E-state index contributed by atoms with van der Waals surface area (Å²) in [6.45, 7) is 0.788. The number of aryl methyl sites for hydroxylation is 1. The van der Waals surface area contributed by atoms with Crippen molar-refractivity contribution in [1.82, 2.24) is 15.6 Å². The molecule has 0 radical (unpaired) electrons. The lowest BCUT2D eigenvalue weighted by atomic mass is 9.89. The zero-order chi connectivity index (χ0) is 39.8. The number of rotatable bonds is 14. The number of nitrogens with one attached hydrogen (secondary N) is 4. The van der Waals surface area contributed by atoms with Gasteiger partial charge in [0.2, 0.25) is 5.56 Å². The van der Waals surface area contributed by atoms with Gasteiger partial charge in [-0.3, -0.25) is 9.69 Å². The van der Waals surface area contributed by atoms with Crippen molar-refractivity contribution in [1.29, 1.82) is 0 Å². The van der Waals surface area contributed by atoms with Gasteiger partial charge in [0, 0.05) is 60.4 Å². The number of ether oxygens (including phenoxy) is 1. The molecule has 6 rings (SSSR count). The zero-order valence-corrected chi connectivity index (χ0v) is 31.8. The molecule has 14 heteroatoms. The number of fused-ring (bicyclic) bond motifs is 1. The minimum Gasteiger partial charge on any atom is -0.506 e. The molecule has 0 saturated heterocycles. The Bertz CT molecular complexity index is 2230. The van der Waals surface area contributed by atoms with Crippen LogP contribution in [0.3, 0.4) is 0 Å². The second-order valence-corrected chi connectivity index (χ2v) is 14.4. The predicted octanol–water partition coefficient (Wildman–Crippen LogP) is 6.89. The number of aromatic nitrogens is 1. The Balaban J connectivity index is 1.04. The van der Waals surface area contributed by atoms with Gasteiger partial charge < -0.3 is 46.7 Å². The molecule has 9 N–H and O–H groups in total. The summed E-state index contributed by atoms with van der Waals surface area (Å²) in [5.74, 6) is 0.384. The average molecular weight is 783 g/mol. The van der Waals surface area contributed by atoms with Crippen LogP contribution in [-0.2, 0) is 13.0 Å². The smallest absolute Gasteiger partial charge is 0.412 e. The maximum absolute atomic E-state index is 12.9. The summed E-state index contributed by atoms with van der Waals surface area (Å²) in [5, 5.41) is 41.2. The molecule has 56 heavy (non-hydrogen) atoms. The topological polar surface area (TPSA) is 202 Å². The number of aliphatic hydroxyl groups excluding tert-OH is 1. The van der Waals surface area contributed by atoms with Crippen LogP contribution in [-0.4, -0.2) is 64.7 Å². The number of phenols is 1. The third-order valence-electron chi connectivity index (χ3n) is 10.2. The van der Waals surface area contributed by atoms with Crippen LogP contribution in [0, 0.1) is 0 Å². The summed E-state index contributed by atoms with van der Waals surface area (Å²) >= 11 is 6.58. The number of nitrogens with two attached hydrogens (primary N) is 1. The van der Waals surface area contributed by atoms with Crippen molar-refractivity contribution in [3.8, 4) is 22.6 Å². The largest absolute Gasteiger partial charge is 0.506 e. The van der Waals surface area contributed by atoms with Gasteiger partial charge in [0.1, 0.15) is 11.5 Å². The van der Waals surface area contributed by atoms with Crippen molar-refractivity contribution in [3.63, 3.8) is 0 Å². The molecule has 0 aliphatic heterocycles. The Morgan fingerprint density at radius 1 is 1.02 bits per heavy atom. The van der Waals surface area contributed by atoms with E-state index in [-0.39, 0.29) is 42.0 Å². The van der Waals surface area contributed by atoms with Gasteiger partial charge in [-0.25, -0.2) is 9.59 Å². The van der Waals surface area contributed by atoms with E-state index in [1.54, 1.807) is 24.3 Å². The van der Waals surface area contributed by atoms with Crippen LogP contribution in [0.5, 0.6) is 11.5 Å². The summed E-state index contributed by atoms with van der Waals surface area (Å²) in [4.78, 5) is 41.5. The monoisotopic (exact) mass is 782 g/mol. The van der Waals surface area contributed by atoms with E-state index in [1.165, 1.54) is 24.1 Å². The van der Waals surface area contributed by atoms with Crippen molar-refractivity contribution in [2.24, 2.45) is 5.73 Å². The Hall–Kier alpha value is -5.60. The lowest BCUT2D eigenvalue weighted by molar-refractivity contribution is 0.175. The van der Waals surface area contributed by atoms with Gasteiger partial charge in [-0.1, -0.05) is 60.1 Å². The fourth-order valence-corrected chi connectivity index (χ4v) is 7.53. The Morgan fingerprint density at radius 3 is 2.52 bits per heavy atom. The number of hydrogen-bond acceptors (Lipinski definition) is 8. The Labute approximate surface area is 329 Å². The highest BCUT2D eigenvalue weighted by atomic mass is 35.5. The van der Waals surface area contributed by atoms with Crippen LogP contribution in [0.2, 0.25) is 5.02 Å². The lowest BCUT2D eigenvalue weighted by Crippen LogP contribution is -2.44. The van der Waals surface area contributed by atoms with E-state index in [1.807, 2.05) is 48.5 Å². The second-order valence-electron chi connectivity index (χ2n) is 14.0. The molecule has 0 bridgehead atoms. The molecule has 1 atom stereocenters. The number of aromatic hydroxyl groups is 1. The Morgan fingerprint density at radius 2 is 1.79 bits per heavy atom. The van der Waals surface area contributed by atoms with Gasteiger partial charge in [0.05, 0.1) is 35.1 Å². The van der Waals surface area contributed by atoms with Gasteiger partial charge in [0.15, 0.2) is 0 Å². The molecule has 3 amide bonds. The average Bonchev–Trinajstić information content (AvgIpc) is 3.19. The fourth-order valence-electron chi connectivity index (χ4n) is 7.29. The van der Waals surface area contributed by atoms with E-state index in [2.05, 4.69) is 20.9 Å². The molecule has 1 saturated carbocycles. The number of benzene rings is 4. The maximum Gasteiger partial charge on any atom is 0.412 e. The number of hydrogen-bond donors (Lipinski definition) is 8. The van der Waals surface area contributed by atoms with Crippen LogP contribution in [0.15, 0.2) is 89.7 Å². The number of H-pyrrole nitrogens is 1. The van der Waals surface area contributed by atoms with Crippen LogP contribution < -0.4 is 36.9 Å². The SMILES string of the molecule is COc1cc(NC(=O)NCCCc2ccc(-c3ccccc3)c(N(C(=O)O)C3CCC(N)CC3)c2)c(Cl)cc1CNC[C@@H](O)c1ccc(O)c2[nH]c(=O)ccc12. The summed E-state index contributed by atoms with van der Waals surface area (Å²) in [5.41, 5.74) is 11.0. The minimum absolute atomic E-state index is 0.0886. The third-order valence-corrected chi connectivity index (χ3v) is 10.5. The molecule has 1 fully saturated rings. The summed E-state index contributed by atoms with van der Waals surface area (Å²) in [6.07, 6.45) is 2.24. The molecule has 4 aromatic carbocycles. The molecule has 13 nitrogen and oxygen atoms in total. The number of phenolic OH excluding ortho intramolecular Hbond substituents is 1. The molecule has 1 heterocycles. The highest BCUT2D eigenvalue weighted by Crippen LogP contribution is 2.37. The molecule has 0 spiro atoms. The minimum atomic E-state index is -0.989. The lowest BCUT2D eigenvalue weighted by Gasteiger charge is -2.35.